The van der Waals surface area contributed by atoms with Crippen molar-refractivity contribution < 1.29 is 19.4 Å². The van der Waals surface area contributed by atoms with Gasteiger partial charge in [0.1, 0.15) is 18.0 Å². The number of carbonyl (C=O) groups excluding carboxylic acids is 1. The largest absolute Gasteiger partial charge is 0.494 e. The highest BCUT2D eigenvalue weighted by Crippen LogP contribution is 2.46. The van der Waals surface area contributed by atoms with Crippen molar-refractivity contribution in [3.8, 4) is 16.9 Å². The lowest BCUT2D eigenvalue weighted by Gasteiger charge is -2.39. The summed E-state index contributed by atoms with van der Waals surface area (Å²) in [6, 6.07) is 7.63. The lowest BCUT2D eigenvalue weighted by molar-refractivity contribution is -0.137. The fraction of sp³-hybridized carbons (Fsp3) is 0.359. The van der Waals surface area contributed by atoms with E-state index in [-0.39, 0.29) is 30.5 Å². The molecule has 260 valence electrons. The van der Waals surface area contributed by atoms with Crippen LogP contribution in [0.25, 0.3) is 22.0 Å². The third kappa shape index (κ3) is 5.60. The number of aryl methyl sites for hydroxylation is 5. The Morgan fingerprint density at radius 2 is 1.82 bits per heavy atom. The lowest BCUT2D eigenvalue weighted by atomic mass is 9.91. The van der Waals surface area contributed by atoms with Gasteiger partial charge in [0, 0.05) is 58.5 Å². The van der Waals surface area contributed by atoms with Crippen LogP contribution in [0.1, 0.15) is 58.0 Å². The van der Waals surface area contributed by atoms with Gasteiger partial charge in [-0.3, -0.25) is 14.3 Å². The van der Waals surface area contributed by atoms with Gasteiger partial charge in [-0.15, -0.1) is 0 Å². The number of nitrogens with zero attached hydrogens (tertiary/aromatic N) is 5. The molecule has 50 heavy (non-hydrogen) atoms. The number of ether oxygens (including phenoxy) is 1. The minimum atomic E-state index is -0.893. The molecule has 9 nitrogen and oxygen atoms in total. The Bertz CT molecular complexity index is 2140. The maximum atomic E-state index is 14.9. The highest BCUT2D eigenvalue weighted by atomic mass is 35.5. The number of carboxylic acids is 1. The molecule has 2 aliphatic heterocycles. The Balaban J connectivity index is 1.31. The van der Waals surface area contributed by atoms with Crippen LogP contribution in [0.4, 0.5) is 0 Å². The average molecular weight is 715 g/mol. The highest BCUT2D eigenvalue weighted by molar-refractivity contribution is 6.35. The molecule has 0 fully saturated rings. The SMILES string of the molecule is Cc1cc(OCCCc2c3n(c4c(-c5c(C)nn(C)c5C)c(Cl)ccc24)[C@H](C)CN(C2=CC=CC4C2C=CN4CC(=O)O)C3=O)cc(C)c1Cl. The zero-order valence-corrected chi connectivity index (χ0v) is 30.6. The van der Waals surface area contributed by atoms with E-state index in [0.717, 1.165) is 66.6 Å². The van der Waals surface area contributed by atoms with Crippen molar-refractivity contribution in [3.05, 3.63) is 104 Å². The summed E-state index contributed by atoms with van der Waals surface area (Å²) in [7, 11) is 1.93. The van der Waals surface area contributed by atoms with Crippen LogP contribution in [0, 0.1) is 33.6 Å². The summed E-state index contributed by atoms with van der Waals surface area (Å²) in [5, 5.41) is 16.6. The first-order valence-corrected chi connectivity index (χ1v) is 17.7. The molecule has 1 N–H and O–H groups in total. The molecule has 4 aromatic rings. The van der Waals surface area contributed by atoms with E-state index in [2.05, 4.69) is 11.5 Å². The van der Waals surface area contributed by atoms with Crippen LogP contribution in [-0.2, 0) is 18.3 Å². The molecule has 3 aliphatic rings. The topological polar surface area (TPSA) is 92.8 Å². The molecule has 1 aliphatic carbocycles. The molecule has 1 amide bonds. The van der Waals surface area contributed by atoms with Crippen molar-refractivity contribution in [2.75, 3.05) is 19.7 Å². The molecule has 0 spiro atoms. The summed E-state index contributed by atoms with van der Waals surface area (Å²) in [5.41, 5.74) is 9.10. The number of amides is 1. The Hall–Kier alpha value is -4.47. The molecule has 2 aromatic carbocycles. The molecule has 0 bridgehead atoms. The monoisotopic (exact) mass is 713 g/mol. The zero-order valence-electron chi connectivity index (χ0n) is 29.1. The minimum Gasteiger partial charge on any atom is -0.494 e. The van der Waals surface area contributed by atoms with E-state index in [4.69, 9.17) is 33.0 Å². The number of hydrogen-bond acceptors (Lipinski definition) is 5. The Labute approximate surface area is 302 Å². The van der Waals surface area contributed by atoms with Gasteiger partial charge in [0.05, 0.1) is 28.9 Å². The van der Waals surface area contributed by atoms with E-state index in [1.807, 2.05) is 104 Å². The molecule has 7 rings (SSSR count). The number of carboxylic acid groups (broad SMARTS) is 1. The summed E-state index contributed by atoms with van der Waals surface area (Å²) < 4.78 is 10.3. The molecule has 0 radical (unpaired) electrons. The maximum absolute atomic E-state index is 14.9. The van der Waals surface area contributed by atoms with Gasteiger partial charge in [-0.1, -0.05) is 47.5 Å². The number of hydrogen-bond donors (Lipinski definition) is 1. The first-order chi connectivity index (χ1) is 23.9. The number of benzene rings is 2. The maximum Gasteiger partial charge on any atom is 0.323 e. The smallest absolute Gasteiger partial charge is 0.323 e. The van der Waals surface area contributed by atoms with Crippen LogP contribution in [-0.4, -0.2) is 66.9 Å². The van der Waals surface area contributed by atoms with Crippen LogP contribution < -0.4 is 4.74 Å². The van der Waals surface area contributed by atoms with Gasteiger partial charge in [-0.2, -0.15) is 5.10 Å². The van der Waals surface area contributed by atoms with Gasteiger partial charge < -0.3 is 24.2 Å². The van der Waals surface area contributed by atoms with Crippen molar-refractivity contribution in [2.45, 2.75) is 59.5 Å². The molecule has 2 unspecified atom stereocenters. The third-order valence-electron chi connectivity index (χ3n) is 10.3. The van der Waals surface area contributed by atoms with E-state index < -0.39 is 5.97 Å². The van der Waals surface area contributed by atoms with Gasteiger partial charge in [0.2, 0.25) is 0 Å². The van der Waals surface area contributed by atoms with Crippen LogP contribution in [0.2, 0.25) is 10.0 Å². The predicted octanol–water partition coefficient (Wildman–Crippen LogP) is 7.96. The summed E-state index contributed by atoms with van der Waals surface area (Å²) >= 11 is 13.5. The van der Waals surface area contributed by atoms with Crippen molar-refractivity contribution in [2.24, 2.45) is 13.0 Å². The van der Waals surface area contributed by atoms with Crippen molar-refractivity contribution in [1.29, 1.82) is 0 Å². The third-order valence-corrected chi connectivity index (χ3v) is 11.3. The standard InChI is InChI=1S/C39H41Cl2N5O4/c1-21-17-26(18-22(2)36(21)41)50-16-8-9-27-28-12-13-30(40)35(34-24(4)42-43(6)25(34)5)37(28)46-23(3)19-45(39(49)38(27)46)32-11-7-10-31-29(32)14-15-44(31)20-33(47)48/h7,10-15,17-18,23,29,31H,8-9,16,19-20H2,1-6H3,(H,47,48)/t23-,29?,31?/m1/s1. The zero-order chi connectivity index (χ0) is 35.6. The normalized spacial score (nSPS) is 19.7. The molecular weight excluding hydrogens is 673 g/mol. The average Bonchev–Trinajstić information content (AvgIpc) is 3.71. The second-order valence-electron chi connectivity index (χ2n) is 13.7. The van der Waals surface area contributed by atoms with Crippen LogP contribution >= 0.6 is 23.2 Å². The van der Waals surface area contributed by atoms with Crippen molar-refractivity contribution in [3.63, 3.8) is 0 Å². The quantitative estimate of drug-likeness (QED) is 0.177. The molecule has 0 saturated carbocycles. The molecule has 3 atom stereocenters. The first-order valence-electron chi connectivity index (χ1n) is 17.0. The van der Waals surface area contributed by atoms with Crippen LogP contribution in [0.5, 0.6) is 5.75 Å². The number of allylic oxidation sites excluding steroid dienone is 2. The van der Waals surface area contributed by atoms with E-state index in [1.54, 1.807) is 0 Å². The van der Waals surface area contributed by atoms with E-state index >= 15 is 0 Å². The highest BCUT2D eigenvalue weighted by Gasteiger charge is 2.42. The van der Waals surface area contributed by atoms with E-state index in [0.29, 0.717) is 36.7 Å². The summed E-state index contributed by atoms with van der Waals surface area (Å²) in [4.78, 5) is 30.2. The fourth-order valence-corrected chi connectivity index (χ4v) is 8.40. The molecule has 4 heterocycles. The molecule has 11 heteroatoms. The van der Waals surface area contributed by atoms with Gasteiger partial charge >= 0.3 is 5.97 Å². The number of carbonyl (C=O) groups is 2. The lowest BCUT2D eigenvalue weighted by Crippen LogP contribution is -2.46. The van der Waals surface area contributed by atoms with E-state index in [9.17, 15) is 14.7 Å². The van der Waals surface area contributed by atoms with Gasteiger partial charge in [-0.05, 0) is 94.6 Å². The van der Waals surface area contributed by atoms with Crippen molar-refractivity contribution >= 4 is 46.0 Å². The predicted molar refractivity (Wildman–Crippen MR) is 197 cm³/mol. The number of aliphatic carboxylic acids is 1. The van der Waals surface area contributed by atoms with Gasteiger partial charge in [0.25, 0.3) is 5.91 Å². The Morgan fingerprint density at radius 1 is 1.08 bits per heavy atom. The molecule has 0 saturated heterocycles. The van der Waals surface area contributed by atoms with E-state index in [1.165, 1.54) is 0 Å². The second kappa shape index (κ2) is 13.0. The summed E-state index contributed by atoms with van der Waals surface area (Å²) in [6.07, 6.45) is 11.1. The number of fused-ring (bicyclic) bond motifs is 4. The number of aromatic nitrogens is 3. The number of rotatable bonds is 9. The van der Waals surface area contributed by atoms with Gasteiger partial charge in [-0.25, -0.2) is 0 Å². The summed E-state index contributed by atoms with van der Waals surface area (Å²) in [6.45, 7) is 10.9. The van der Waals surface area contributed by atoms with Crippen LogP contribution in [0.15, 0.2) is 60.5 Å². The van der Waals surface area contributed by atoms with Crippen LogP contribution in [0.3, 0.4) is 0 Å². The van der Waals surface area contributed by atoms with Crippen molar-refractivity contribution in [1.82, 2.24) is 24.1 Å². The molecular formula is C39H41Cl2N5O4. The summed E-state index contributed by atoms with van der Waals surface area (Å²) in [5.74, 6) is -0.337. The Kier molecular flexibility index (Phi) is 8.85. The minimum absolute atomic E-state index is 0.0775. The Morgan fingerprint density at radius 3 is 2.50 bits per heavy atom. The fourth-order valence-electron chi connectivity index (χ4n) is 8.04. The second-order valence-corrected chi connectivity index (χ2v) is 14.5. The first kappa shape index (κ1) is 34.0. The van der Waals surface area contributed by atoms with Gasteiger partial charge in [0.15, 0.2) is 0 Å². The number of halogens is 2. The molecule has 2 aromatic heterocycles.